The number of aldehydes is 1. The van der Waals surface area contributed by atoms with E-state index in [9.17, 15) is 13.2 Å². The van der Waals surface area contributed by atoms with Crippen molar-refractivity contribution in [1.82, 2.24) is 4.57 Å². The van der Waals surface area contributed by atoms with Crippen molar-refractivity contribution in [3.05, 3.63) is 18.5 Å². The first-order valence-corrected chi connectivity index (χ1v) is 6.37. The Balaban J connectivity index is 2.81. The van der Waals surface area contributed by atoms with E-state index in [0.29, 0.717) is 6.54 Å². The van der Waals surface area contributed by atoms with Gasteiger partial charge in [0.25, 0.3) is 0 Å². The SMILES string of the molecule is CS(=O)(=O)c1ccn(CC(C=O)CN)c1. The van der Waals surface area contributed by atoms with E-state index in [2.05, 4.69) is 0 Å². The smallest absolute Gasteiger partial charge is 0.177 e. The van der Waals surface area contributed by atoms with Crippen LogP contribution in [0.2, 0.25) is 0 Å². The number of aromatic nitrogens is 1. The Hall–Kier alpha value is -1.14. The minimum Gasteiger partial charge on any atom is -0.352 e. The second-order valence-corrected chi connectivity index (χ2v) is 5.46. The molecule has 0 aliphatic carbocycles. The van der Waals surface area contributed by atoms with Gasteiger partial charge in [0.1, 0.15) is 6.29 Å². The predicted octanol–water partition coefficient (Wildman–Crippen LogP) is -0.335. The number of hydrogen-bond donors (Lipinski definition) is 1. The molecular weight excluding hydrogens is 216 g/mol. The monoisotopic (exact) mass is 230 g/mol. The normalized spacial score (nSPS) is 13.7. The maximum Gasteiger partial charge on any atom is 0.177 e. The summed E-state index contributed by atoms with van der Waals surface area (Å²) in [6, 6.07) is 1.51. The Morgan fingerprint density at radius 3 is 2.67 bits per heavy atom. The molecule has 0 spiro atoms. The molecule has 1 rings (SSSR count). The fourth-order valence-electron chi connectivity index (χ4n) is 1.20. The van der Waals surface area contributed by atoms with Crippen molar-refractivity contribution in [2.75, 3.05) is 12.8 Å². The van der Waals surface area contributed by atoms with Crippen LogP contribution < -0.4 is 5.73 Å². The molecule has 0 saturated heterocycles. The minimum absolute atomic E-state index is 0.254. The van der Waals surface area contributed by atoms with Gasteiger partial charge in [0, 0.05) is 37.7 Å². The van der Waals surface area contributed by atoms with E-state index in [-0.39, 0.29) is 17.4 Å². The molecule has 2 N–H and O–H groups in total. The number of sulfone groups is 1. The summed E-state index contributed by atoms with van der Waals surface area (Å²) in [5, 5.41) is 0. The molecule has 15 heavy (non-hydrogen) atoms. The average molecular weight is 230 g/mol. The zero-order valence-electron chi connectivity index (χ0n) is 8.46. The van der Waals surface area contributed by atoms with E-state index in [4.69, 9.17) is 5.73 Å². The molecule has 1 atom stereocenters. The molecule has 0 aliphatic heterocycles. The number of carbonyl (C=O) groups excluding carboxylic acids is 1. The highest BCUT2D eigenvalue weighted by atomic mass is 32.2. The summed E-state index contributed by atoms with van der Waals surface area (Å²) in [5.41, 5.74) is 5.36. The predicted molar refractivity (Wildman–Crippen MR) is 56.2 cm³/mol. The van der Waals surface area contributed by atoms with Crippen LogP contribution in [0.5, 0.6) is 0 Å². The zero-order valence-corrected chi connectivity index (χ0v) is 9.28. The average Bonchev–Trinajstić information content (AvgIpc) is 2.61. The summed E-state index contributed by atoms with van der Waals surface area (Å²) in [6.07, 6.45) is 5.05. The molecular formula is C9H14N2O3S. The Labute approximate surface area is 88.8 Å². The second-order valence-electron chi connectivity index (χ2n) is 3.45. The lowest BCUT2D eigenvalue weighted by molar-refractivity contribution is -0.111. The van der Waals surface area contributed by atoms with Crippen LogP contribution in [0.1, 0.15) is 0 Å². The summed E-state index contributed by atoms with van der Waals surface area (Å²) >= 11 is 0. The number of carbonyl (C=O) groups is 1. The molecule has 0 bridgehead atoms. The van der Waals surface area contributed by atoms with Crippen LogP contribution in [-0.2, 0) is 21.2 Å². The number of nitrogens with two attached hydrogens (primary N) is 1. The van der Waals surface area contributed by atoms with E-state index in [1.54, 1.807) is 10.8 Å². The first-order valence-electron chi connectivity index (χ1n) is 4.48. The van der Waals surface area contributed by atoms with Crippen molar-refractivity contribution < 1.29 is 13.2 Å². The molecule has 0 fully saturated rings. The molecule has 5 nitrogen and oxygen atoms in total. The second kappa shape index (κ2) is 4.59. The molecule has 0 amide bonds. The molecule has 6 heteroatoms. The van der Waals surface area contributed by atoms with Gasteiger partial charge < -0.3 is 15.1 Å². The van der Waals surface area contributed by atoms with E-state index in [0.717, 1.165) is 12.5 Å². The lowest BCUT2D eigenvalue weighted by Gasteiger charge is -2.07. The summed E-state index contributed by atoms with van der Waals surface area (Å²) in [5.74, 6) is -0.273. The fraction of sp³-hybridized carbons (Fsp3) is 0.444. The van der Waals surface area contributed by atoms with Crippen molar-refractivity contribution in [3.63, 3.8) is 0 Å². The Kier molecular flexibility index (Phi) is 3.65. The summed E-state index contributed by atoms with van der Waals surface area (Å²) in [6.45, 7) is 0.672. The third-order valence-electron chi connectivity index (χ3n) is 2.09. The van der Waals surface area contributed by atoms with Gasteiger partial charge in [-0.25, -0.2) is 8.42 Å². The number of hydrogen-bond acceptors (Lipinski definition) is 4. The van der Waals surface area contributed by atoms with Gasteiger partial charge in [0.05, 0.1) is 4.90 Å². The van der Waals surface area contributed by atoms with Gasteiger partial charge in [0.2, 0.25) is 0 Å². The topological polar surface area (TPSA) is 82.2 Å². The number of nitrogens with zero attached hydrogens (tertiary/aromatic N) is 1. The van der Waals surface area contributed by atoms with Crippen LogP contribution in [0.3, 0.4) is 0 Å². The van der Waals surface area contributed by atoms with Gasteiger partial charge in [-0.1, -0.05) is 0 Å². The summed E-state index contributed by atoms with van der Waals surface area (Å²) in [7, 11) is -3.17. The Bertz CT molecular complexity index is 436. The molecule has 0 aromatic carbocycles. The van der Waals surface area contributed by atoms with Crippen molar-refractivity contribution in [2.45, 2.75) is 11.4 Å². The summed E-state index contributed by atoms with van der Waals surface area (Å²) in [4.78, 5) is 10.8. The van der Waals surface area contributed by atoms with E-state index in [1.165, 1.54) is 12.3 Å². The molecule has 1 unspecified atom stereocenters. The van der Waals surface area contributed by atoms with Gasteiger partial charge in [-0.05, 0) is 6.07 Å². The minimum atomic E-state index is -3.17. The molecule has 0 radical (unpaired) electrons. The molecule has 1 aromatic rings. The van der Waals surface area contributed by atoms with Gasteiger partial charge in [-0.15, -0.1) is 0 Å². The zero-order chi connectivity index (χ0) is 11.5. The molecule has 0 aliphatic rings. The maximum atomic E-state index is 11.2. The van der Waals surface area contributed by atoms with Gasteiger partial charge in [-0.2, -0.15) is 0 Å². The van der Waals surface area contributed by atoms with E-state index >= 15 is 0 Å². The van der Waals surface area contributed by atoms with Crippen LogP contribution in [0.15, 0.2) is 23.4 Å². The quantitative estimate of drug-likeness (QED) is 0.702. The van der Waals surface area contributed by atoms with Gasteiger partial charge in [0.15, 0.2) is 9.84 Å². The highest BCUT2D eigenvalue weighted by Crippen LogP contribution is 2.10. The molecule has 1 aromatic heterocycles. The van der Waals surface area contributed by atoms with Crippen molar-refractivity contribution in [3.8, 4) is 0 Å². The van der Waals surface area contributed by atoms with Crippen molar-refractivity contribution in [2.24, 2.45) is 11.7 Å². The summed E-state index contributed by atoms with van der Waals surface area (Å²) < 4.78 is 24.0. The maximum absolute atomic E-state index is 11.2. The van der Waals surface area contributed by atoms with Crippen molar-refractivity contribution >= 4 is 16.1 Å². The van der Waals surface area contributed by atoms with Gasteiger partial charge >= 0.3 is 0 Å². The highest BCUT2D eigenvalue weighted by Gasteiger charge is 2.10. The van der Waals surface area contributed by atoms with Crippen molar-refractivity contribution in [1.29, 1.82) is 0 Å². The Morgan fingerprint density at radius 2 is 2.27 bits per heavy atom. The van der Waals surface area contributed by atoms with Crippen LogP contribution >= 0.6 is 0 Å². The third kappa shape index (κ3) is 3.17. The Morgan fingerprint density at radius 1 is 1.60 bits per heavy atom. The van der Waals surface area contributed by atoms with E-state index < -0.39 is 9.84 Å². The van der Waals surface area contributed by atoms with Gasteiger partial charge in [-0.3, -0.25) is 0 Å². The van der Waals surface area contributed by atoms with Crippen LogP contribution in [0.4, 0.5) is 0 Å². The van der Waals surface area contributed by atoms with Crippen LogP contribution in [0, 0.1) is 5.92 Å². The first kappa shape index (κ1) is 11.9. The van der Waals surface area contributed by atoms with Crippen LogP contribution in [0.25, 0.3) is 0 Å². The highest BCUT2D eigenvalue weighted by molar-refractivity contribution is 7.90. The molecule has 0 saturated carbocycles. The van der Waals surface area contributed by atoms with E-state index in [1.807, 2.05) is 0 Å². The molecule has 1 heterocycles. The molecule has 84 valence electrons. The fourth-order valence-corrected chi connectivity index (χ4v) is 1.83. The largest absolute Gasteiger partial charge is 0.352 e. The third-order valence-corrected chi connectivity index (χ3v) is 3.19. The lowest BCUT2D eigenvalue weighted by Crippen LogP contribution is -2.20. The first-order chi connectivity index (χ1) is 6.97. The number of rotatable bonds is 5. The van der Waals surface area contributed by atoms with Crippen LogP contribution in [-0.4, -0.2) is 32.1 Å². The lowest BCUT2D eigenvalue weighted by atomic mass is 10.2. The standard InChI is InChI=1S/C9H14N2O3S/c1-15(13,14)9-2-3-11(6-9)5-8(4-10)7-12/h2-3,6-8H,4-5,10H2,1H3.